The second kappa shape index (κ2) is 5.49. The summed E-state index contributed by atoms with van der Waals surface area (Å²) < 4.78 is 16.9. The van der Waals surface area contributed by atoms with Crippen LogP contribution in [0.2, 0.25) is 0 Å². The lowest BCUT2D eigenvalue weighted by molar-refractivity contribution is -0.141. The molecule has 19 heavy (non-hydrogen) atoms. The number of hydrogen-bond donors (Lipinski definition) is 1. The molecule has 0 aromatic heterocycles. The lowest BCUT2D eigenvalue weighted by atomic mass is 10.0. The monoisotopic (exact) mass is 266 g/mol. The number of rotatable bonds is 4. The summed E-state index contributed by atoms with van der Waals surface area (Å²) in [7, 11) is 0. The number of aryl methyl sites for hydroxylation is 1. The normalized spacial score (nSPS) is 23.3. The molecule has 106 valence electrons. The van der Waals surface area contributed by atoms with Gasteiger partial charge in [0.2, 0.25) is 0 Å². The van der Waals surface area contributed by atoms with E-state index in [0.717, 1.165) is 16.9 Å². The average molecular weight is 266 g/mol. The highest BCUT2D eigenvalue weighted by molar-refractivity contribution is 5.36. The molecule has 1 fully saturated rings. The van der Waals surface area contributed by atoms with Crippen molar-refractivity contribution in [1.29, 1.82) is 0 Å². The van der Waals surface area contributed by atoms with Gasteiger partial charge in [0.15, 0.2) is 5.79 Å². The van der Waals surface area contributed by atoms with Crippen molar-refractivity contribution in [3.8, 4) is 5.75 Å². The van der Waals surface area contributed by atoms with Crippen LogP contribution >= 0.6 is 0 Å². The van der Waals surface area contributed by atoms with Gasteiger partial charge in [-0.1, -0.05) is 6.07 Å². The zero-order valence-corrected chi connectivity index (χ0v) is 12.0. The van der Waals surface area contributed by atoms with Crippen molar-refractivity contribution >= 4 is 0 Å². The van der Waals surface area contributed by atoms with Gasteiger partial charge in [0.1, 0.15) is 18.5 Å². The van der Waals surface area contributed by atoms with Gasteiger partial charge in [-0.05, 0) is 51.0 Å². The van der Waals surface area contributed by atoms with Gasteiger partial charge in [0, 0.05) is 0 Å². The highest BCUT2D eigenvalue weighted by atomic mass is 16.7. The molecule has 2 rings (SSSR count). The summed E-state index contributed by atoms with van der Waals surface area (Å²) in [6.07, 6.45) is -0.542. The third-order valence-corrected chi connectivity index (χ3v) is 3.20. The predicted molar refractivity (Wildman–Crippen MR) is 72.2 cm³/mol. The largest absolute Gasteiger partial charge is 0.491 e. The summed E-state index contributed by atoms with van der Waals surface area (Å²) >= 11 is 0. The van der Waals surface area contributed by atoms with Crippen LogP contribution in [0, 0.1) is 6.92 Å². The Balaban J connectivity index is 1.95. The molecule has 1 aliphatic rings. The number of aliphatic hydroxyl groups excluding tert-OH is 1. The molecule has 1 saturated heterocycles. The van der Waals surface area contributed by atoms with Crippen LogP contribution in [0.1, 0.15) is 38.0 Å². The molecule has 0 spiro atoms. The summed E-state index contributed by atoms with van der Waals surface area (Å²) in [6.45, 7) is 8.51. The maximum absolute atomic E-state index is 9.68. The van der Waals surface area contributed by atoms with E-state index in [1.54, 1.807) is 6.92 Å². The number of benzene rings is 1. The van der Waals surface area contributed by atoms with E-state index >= 15 is 0 Å². The standard InChI is InChI=1S/C15H22O4/c1-10-5-6-12(7-14(10)11(2)16)17-8-13-9-18-15(3,4)19-13/h5-7,11,13,16H,8-9H2,1-4H3/t11-,13+/m1/s1. The smallest absolute Gasteiger partial charge is 0.163 e. The van der Waals surface area contributed by atoms with Gasteiger partial charge < -0.3 is 19.3 Å². The molecule has 4 nitrogen and oxygen atoms in total. The average Bonchev–Trinajstić information content (AvgIpc) is 2.67. The first-order valence-corrected chi connectivity index (χ1v) is 6.60. The molecule has 4 heteroatoms. The third-order valence-electron chi connectivity index (χ3n) is 3.20. The summed E-state index contributed by atoms with van der Waals surface area (Å²) in [5.74, 6) is 0.223. The molecule has 1 aliphatic heterocycles. The van der Waals surface area contributed by atoms with E-state index in [1.807, 2.05) is 39.0 Å². The molecule has 0 bridgehead atoms. The van der Waals surface area contributed by atoms with E-state index in [0.29, 0.717) is 13.2 Å². The van der Waals surface area contributed by atoms with Crippen LogP contribution < -0.4 is 4.74 Å². The van der Waals surface area contributed by atoms with Crippen LogP contribution in [0.3, 0.4) is 0 Å². The van der Waals surface area contributed by atoms with Gasteiger partial charge in [0.05, 0.1) is 12.7 Å². The molecule has 1 heterocycles. The van der Waals surface area contributed by atoms with Crippen LogP contribution in [0.25, 0.3) is 0 Å². The second-order valence-corrected chi connectivity index (χ2v) is 5.46. The molecular weight excluding hydrogens is 244 g/mol. The van der Waals surface area contributed by atoms with E-state index in [2.05, 4.69) is 0 Å². The van der Waals surface area contributed by atoms with Crippen LogP contribution in [-0.2, 0) is 9.47 Å². The lowest BCUT2D eigenvalue weighted by Gasteiger charge is -2.18. The van der Waals surface area contributed by atoms with Gasteiger partial charge in [-0.2, -0.15) is 0 Å². The molecule has 0 saturated carbocycles. The molecule has 1 aromatic rings. The molecule has 1 N–H and O–H groups in total. The van der Waals surface area contributed by atoms with Crippen molar-refractivity contribution in [1.82, 2.24) is 0 Å². The molecule has 0 radical (unpaired) electrons. The Bertz CT molecular complexity index is 440. The Hall–Kier alpha value is -1.10. The minimum atomic E-state index is -0.522. The molecule has 0 amide bonds. The molecule has 2 atom stereocenters. The first-order valence-electron chi connectivity index (χ1n) is 6.60. The summed E-state index contributed by atoms with van der Waals surface area (Å²) in [4.78, 5) is 0. The quantitative estimate of drug-likeness (QED) is 0.910. The zero-order chi connectivity index (χ0) is 14.0. The highest BCUT2D eigenvalue weighted by Gasteiger charge is 2.32. The van der Waals surface area contributed by atoms with Gasteiger partial charge in [-0.15, -0.1) is 0 Å². The maximum atomic E-state index is 9.68. The number of hydrogen-bond acceptors (Lipinski definition) is 4. The lowest BCUT2D eigenvalue weighted by Crippen LogP contribution is -2.25. The molecule has 0 unspecified atom stereocenters. The number of aliphatic hydroxyl groups is 1. The van der Waals surface area contributed by atoms with Crippen LogP contribution in [-0.4, -0.2) is 30.2 Å². The Labute approximate surface area is 114 Å². The third kappa shape index (κ3) is 3.69. The number of ether oxygens (including phenoxy) is 3. The van der Waals surface area contributed by atoms with Gasteiger partial charge in [-0.3, -0.25) is 0 Å². The van der Waals surface area contributed by atoms with E-state index in [4.69, 9.17) is 14.2 Å². The van der Waals surface area contributed by atoms with E-state index in [-0.39, 0.29) is 6.10 Å². The fourth-order valence-electron chi connectivity index (χ4n) is 2.19. The van der Waals surface area contributed by atoms with Crippen molar-refractivity contribution in [3.63, 3.8) is 0 Å². The van der Waals surface area contributed by atoms with Crippen LogP contribution in [0.15, 0.2) is 18.2 Å². The summed E-state index contributed by atoms with van der Waals surface area (Å²) in [6, 6.07) is 5.73. The van der Waals surface area contributed by atoms with Crippen LogP contribution in [0.4, 0.5) is 0 Å². The molecule has 1 aromatic carbocycles. The first kappa shape index (κ1) is 14.3. The van der Waals surface area contributed by atoms with Crippen molar-refractivity contribution in [2.45, 2.75) is 45.7 Å². The van der Waals surface area contributed by atoms with Gasteiger partial charge in [0.25, 0.3) is 0 Å². The summed E-state index contributed by atoms with van der Waals surface area (Å²) in [5, 5.41) is 9.68. The predicted octanol–water partition coefficient (Wildman–Crippen LogP) is 2.58. The van der Waals surface area contributed by atoms with Crippen molar-refractivity contribution in [3.05, 3.63) is 29.3 Å². The topological polar surface area (TPSA) is 47.9 Å². The minimum Gasteiger partial charge on any atom is -0.491 e. The second-order valence-electron chi connectivity index (χ2n) is 5.46. The van der Waals surface area contributed by atoms with Gasteiger partial charge in [-0.25, -0.2) is 0 Å². The Morgan fingerprint density at radius 1 is 1.47 bits per heavy atom. The Kier molecular flexibility index (Phi) is 4.13. The van der Waals surface area contributed by atoms with E-state index < -0.39 is 11.9 Å². The van der Waals surface area contributed by atoms with Crippen molar-refractivity contribution < 1.29 is 19.3 Å². The molecular formula is C15H22O4. The maximum Gasteiger partial charge on any atom is 0.163 e. The van der Waals surface area contributed by atoms with E-state index in [9.17, 15) is 5.11 Å². The van der Waals surface area contributed by atoms with Crippen molar-refractivity contribution in [2.24, 2.45) is 0 Å². The zero-order valence-electron chi connectivity index (χ0n) is 12.0. The SMILES string of the molecule is Cc1ccc(OC[C@H]2COC(C)(C)O2)cc1[C@@H](C)O. The van der Waals surface area contributed by atoms with Crippen LogP contribution in [0.5, 0.6) is 5.75 Å². The highest BCUT2D eigenvalue weighted by Crippen LogP contribution is 2.25. The fraction of sp³-hybridized carbons (Fsp3) is 0.600. The van der Waals surface area contributed by atoms with Crippen molar-refractivity contribution in [2.75, 3.05) is 13.2 Å². The first-order chi connectivity index (χ1) is 8.87. The summed E-state index contributed by atoms with van der Waals surface area (Å²) in [5.41, 5.74) is 1.95. The fourth-order valence-corrected chi connectivity index (χ4v) is 2.19. The Morgan fingerprint density at radius 3 is 2.79 bits per heavy atom. The van der Waals surface area contributed by atoms with Gasteiger partial charge >= 0.3 is 0 Å². The van der Waals surface area contributed by atoms with E-state index in [1.165, 1.54) is 0 Å². The molecule has 0 aliphatic carbocycles. The minimum absolute atomic E-state index is 0.0497. The Morgan fingerprint density at radius 2 is 2.21 bits per heavy atom.